The molecule has 0 aromatic carbocycles. The summed E-state index contributed by atoms with van der Waals surface area (Å²) >= 11 is 0. The second-order valence-electron chi connectivity index (χ2n) is 2.48. The predicted molar refractivity (Wildman–Crippen MR) is 44.0 cm³/mol. The molecule has 6 nitrogen and oxygen atoms in total. The van der Waals surface area contributed by atoms with Crippen molar-refractivity contribution in [3.05, 3.63) is 0 Å². The van der Waals surface area contributed by atoms with Crippen LogP contribution in [-0.2, 0) is 0 Å². The standard InChI is InChI=1S/C6H14O6.B/c7-1-3(9)5(11)6(12)4(10)2-8;/h3-12H,1-2H2;/t3-,4+,5-,6-;/m1./s1. The van der Waals surface area contributed by atoms with Gasteiger partial charge in [0.15, 0.2) is 0 Å². The lowest BCUT2D eigenvalue weighted by atomic mass is 10.0. The van der Waals surface area contributed by atoms with Crippen LogP contribution in [-0.4, -0.2) is 76.7 Å². The second kappa shape index (κ2) is 7.25. The minimum Gasteiger partial charge on any atom is -0.394 e. The van der Waals surface area contributed by atoms with Crippen LogP contribution in [0, 0.1) is 0 Å². The topological polar surface area (TPSA) is 121 Å². The van der Waals surface area contributed by atoms with Gasteiger partial charge < -0.3 is 30.6 Å². The van der Waals surface area contributed by atoms with Gasteiger partial charge in [-0.25, -0.2) is 0 Å². The monoisotopic (exact) mass is 193 g/mol. The average molecular weight is 193 g/mol. The van der Waals surface area contributed by atoms with Crippen LogP contribution < -0.4 is 0 Å². The molecule has 0 amide bonds. The zero-order chi connectivity index (χ0) is 9.72. The third kappa shape index (κ3) is 4.56. The van der Waals surface area contributed by atoms with Gasteiger partial charge in [-0.15, -0.1) is 0 Å². The van der Waals surface area contributed by atoms with Crippen LogP contribution in [0.15, 0.2) is 0 Å². The van der Waals surface area contributed by atoms with E-state index in [9.17, 15) is 0 Å². The van der Waals surface area contributed by atoms with E-state index in [0.717, 1.165) is 0 Å². The second-order valence-corrected chi connectivity index (χ2v) is 2.48. The third-order valence-electron chi connectivity index (χ3n) is 1.51. The first-order valence-electron chi connectivity index (χ1n) is 3.48. The highest BCUT2D eigenvalue weighted by atomic mass is 16.4. The van der Waals surface area contributed by atoms with Gasteiger partial charge >= 0.3 is 0 Å². The predicted octanol–water partition coefficient (Wildman–Crippen LogP) is -3.97. The Morgan fingerprint density at radius 2 is 0.923 bits per heavy atom. The first kappa shape index (κ1) is 15.3. The van der Waals surface area contributed by atoms with E-state index in [2.05, 4.69) is 0 Å². The van der Waals surface area contributed by atoms with E-state index in [1.54, 1.807) is 0 Å². The lowest BCUT2D eigenvalue weighted by Crippen LogP contribution is -2.46. The van der Waals surface area contributed by atoms with E-state index in [0.29, 0.717) is 0 Å². The summed E-state index contributed by atoms with van der Waals surface area (Å²) in [5.41, 5.74) is 0. The van der Waals surface area contributed by atoms with Gasteiger partial charge in [0.2, 0.25) is 0 Å². The smallest absolute Gasteiger partial charge is 0.111 e. The fourth-order valence-electron chi connectivity index (χ4n) is 0.671. The molecule has 0 bridgehead atoms. The highest BCUT2D eigenvalue weighted by molar-refractivity contribution is 5.75. The van der Waals surface area contributed by atoms with Crippen LogP contribution in [0.25, 0.3) is 0 Å². The van der Waals surface area contributed by atoms with E-state index >= 15 is 0 Å². The molecule has 0 aromatic heterocycles. The van der Waals surface area contributed by atoms with Gasteiger partial charge in [0, 0.05) is 8.41 Å². The molecule has 3 radical (unpaired) electrons. The highest BCUT2D eigenvalue weighted by Crippen LogP contribution is 2.03. The Balaban J connectivity index is 0. The average Bonchev–Trinajstić information content (AvgIpc) is 2.12. The van der Waals surface area contributed by atoms with Crippen molar-refractivity contribution in [2.45, 2.75) is 24.4 Å². The quantitative estimate of drug-likeness (QED) is 0.248. The third-order valence-corrected chi connectivity index (χ3v) is 1.51. The zero-order valence-corrected chi connectivity index (χ0v) is 6.98. The van der Waals surface area contributed by atoms with E-state index in [4.69, 9.17) is 30.6 Å². The molecule has 0 spiro atoms. The summed E-state index contributed by atoms with van der Waals surface area (Å²) in [6, 6.07) is 0. The van der Waals surface area contributed by atoms with Crippen molar-refractivity contribution < 1.29 is 30.6 Å². The van der Waals surface area contributed by atoms with Gasteiger partial charge in [-0.05, 0) is 0 Å². The molecule has 0 aromatic rings. The molecule has 0 aliphatic carbocycles. The van der Waals surface area contributed by atoms with Crippen LogP contribution in [0.1, 0.15) is 0 Å². The van der Waals surface area contributed by atoms with Gasteiger partial charge in [-0.3, -0.25) is 0 Å². The number of hydrogen-bond donors (Lipinski definition) is 6. The van der Waals surface area contributed by atoms with Crippen molar-refractivity contribution in [1.29, 1.82) is 0 Å². The minimum atomic E-state index is -1.67. The van der Waals surface area contributed by atoms with Crippen LogP contribution in [0.5, 0.6) is 0 Å². The molecule has 7 heteroatoms. The Labute approximate surface area is 77.7 Å². The van der Waals surface area contributed by atoms with E-state index in [1.807, 2.05) is 0 Å². The Morgan fingerprint density at radius 1 is 0.692 bits per heavy atom. The van der Waals surface area contributed by atoms with Crippen LogP contribution in [0.2, 0.25) is 0 Å². The van der Waals surface area contributed by atoms with Crippen LogP contribution >= 0.6 is 0 Å². The van der Waals surface area contributed by atoms with Crippen molar-refractivity contribution in [3.8, 4) is 0 Å². The summed E-state index contributed by atoms with van der Waals surface area (Å²) in [5, 5.41) is 52.2. The Bertz CT molecular complexity index is 110. The first-order chi connectivity index (χ1) is 5.54. The molecular weight excluding hydrogens is 179 g/mol. The summed E-state index contributed by atoms with van der Waals surface area (Å²) in [7, 11) is 0. The van der Waals surface area contributed by atoms with Crippen molar-refractivity contribution in [3.63, 3.8) is 0 Å². The number of rotatable bonds is 5. The molecule has 0 rings (SSSR count). The lowest BCUT2D eigenvalue weighted by molar-refractivity contribution is -0.123. The number of aliphatic hydroxyl groups is 6. The fraction of sp³-hybridized carbons (Fsp3) is 1.00. The number of hydrogen-bond acceptors (Lipinski definition) is 6. The Hall–Kier alpha value is -0.175. The molecule has 0 fully saturated rings. The molecule has 77 valence electrons. The summed E-state index contributed by atoms with van der Waals surface area (Å²) in [6.07, 6.45) is -6.39. The zero-order valence-electron chi connectivity index (χ0n) is 6.98. The van der Waals surface area contributed by atoms with Gasteiger partial charge in [0.05, 0.1) is 13.2 Å². The maximum absolute atomic E-state index is 8.96. The molecule has 0 aliphatic rings. The van der Waals surface area contributed by atoms with E-state index in [-0.39, 0.29) is 8.41 Å². The van der Waals surface area contributed by atoms with Crippen molar-refractivity contribution >= 4 is 8.41 Å². The van der Waals surface area contributed by atoms with Crippen molar-refractivity contribution in [2.75, 3.05) is 13.2 Å². The van der Waals surface area contributed by atoms with Gasteiger partial charge in [-0.1, -0.05) is 0 Å². The SMILES string of the molecule is OC[C@@H](O)[C@@H](O)[C@H](O)[C@@H](O)CO.[B]. The Morgan fingerprint density at radius 3 is 1.08 bits per heavy atom. The molecule has 0 saturated heterocycles. The van der Waals surface area contributed by atoms with Gasteiger partial charge in [0.1, 0.15) is 24.4 Å². The summed E-state index contributed by atoms with van der Waals surface area (Å²) in [5.74, 6) is 0. The van der Waals surface area contributed by atoms with E-state index < -0.39 is 37.6 Å². The molecule has 0 heterocycles. The largest absolute Gasteiger partial charge is 0.394 e. The van der Waals surface area contributed by atoms with Crippen molar-refractivity contribution in [2.24, 2.45) is 0 Å². The summed E-state index contributed by atoms with van der Waals surface area (Å²) < 4.78 is 0. The summed E-state index contributed by atoms with van der Waals surface area (Å²) in [6.45, 7) is -1.45. The molecular formula is C6H14BO6. The van der Waals surface area contributed by atoms with Crippen LogP contribution in [0.4, 0.5) is 0 Å². The maximum atomic E-state index is 8.96. The molecule has 0 saturated carbocycles. The molecule has 13 heavy (non-hydrogen) atoms. The highest BCUT2D eigenvalue weighted by Gasteiger charge is 2.29. The van der Waals surface area contributed by atoms with Gasteiger partial charge in [-0.2, -0.15) is 0 Å². The lowest BCUT2D eigenvalue weighted by Gasteiger charge is -2.24. The van der Waals surface area contributed by atoms with Gasteiger partial charge in [0.25, 0.3) is 0 Å². The number of aliphatic hydroxyl groups excluding tert-OH is 6. The molecule has 6 N–H and O–H groups in total. The van der Waals surface area contributed by atoms with Crippen molar-refractivity contribution in [1.82, 2.24) is 0 Å². The fourth-order valence-corrected chi connectivity index (χ4v) is 0.671. The minimum absolute atomic E-state index is 0. The van der Waals surface area contributed by atoms with E-state index in [1.165, 1.54) is 0 Å². The normalized spacial score (nSPS) is 19.8. The van der Waals surface area contributed by atoms with Crippen LogP contribution in [0.3, 0.4) is 0 Å². The molecule has 0 aliphatic heterocycles. The first-order valence-corrected chi connectivity index (χ1v) is 3.48. The molecule has 4 atom stereocenters. The maximum Gasteiger partial charge on any atom is 0.111 e. The summed E-state index contributed by atoms with van der Waals surface area (Å²) in [4.78, 5) is 0. The Kier molecular flexibility index (Phi) is 8.53. The molecule has 0 unspecified atom stereocenters.